The summed E-state index contributed by atoms with van der Waals surface area (Å²) in [5.74, 6) is -0.0110. The largest absolute Gasteiger partial charge is 0.355 e. The van der Waals surface area contributed by atoms with E-state index in [4.69, 9.17) is 11.6 Å². The maximum atomic E-state index is 12.7. The summed E-state index contributed by atoms with van der Waals surface area (Å²) in [7, 11) is 0. The van der Waals surface area contributed by atoms with Crippen LogP contribution in [0.15, 0.2) is 36.4 Å². The monoisotopic (exact) mass is 442 g/mol. The predicted molar refractivity (Wildman–Crippen MR) is 106 cm³/mol. The number of hydrogen-bond donors (Lipinski definition) is 1. The van der Waals surface area contributed by atoms with Crippen LogP contribution >= 0.6 is 34.2 Å². The molecule has 23 heavy (non-hydrogen) atoms. The Hall–Kier alpha value is -1.27. The number of carbonyl (C=O) groups is 1. The highest BCUT2D eigenvalue weighted by molar-refractivity contribution is 14.1. The van der Waals surface area contributed by atoms with Crippen LogP contribution in [0.4, 0.5) is 11.4 Å². The summed E-state index contributed by atoms with van der Waals surface area (Å²) < 4.78 is 1.18. The van der Waals surface area contributed by atoms with Gasteiger partial charge in [-0.25, -0.2) is 0 Å². The van der Waals surface area contributed by atoms with E-state index < -0.39 is 0 Å². The second kappa shape index (κ2) is 8.02. The van der Waals surface area contributed by atoms with Crippen molar-refractivity contribution in [2.24, 2.45) is 0 Å². The topological polar surface area (TPSA) is 32.3 Å². The minimum atomic E-state index is -0.0110. The lowest BCUT2D eigenvalue weighted by Crippen LogP contribution is -2.31. The van der Waals surface area contributed by atoms with Crippen molar-refractivity contribution in [2.45, 2.75) is 20.8 Å². The van der Waals surface area contributed by atoms with Gasteiger partial charge < -0.3 is 10.2 Å². The molecule has 0 unspecified atom stereocenters. The number of nitrogens with zero attached hydrogens (tertiary/aromatic N) is 1. The lowest BCUT2D eigenvalue weighted by molar-refractivity contribution is 0.0774. The molecule has 0 aliphatic heterocycles. The Labute approximate surface area is 156 Å². The Kier molecular flexibility index (Phi) is 6.30. The third kappa shape index (κ3) is 4.38. The van der Waals surface area contributed by atoms with E-state index in [0.717, 1.165) is 16.9 Å². The van der Waals surface area contributed by atoms with E-state index in [9.17, 15) is 4.79 Å². The Morgan fingerprint density at radius 1 is 1.13 bits per heavy atom. The van der Waals surface area contributed by atoms with E-state index in [1.165, 1.54) is 3.57 Å². The summed E-state index contributed by atoms with van der Waals surface area (Å²) in [5, 5.41) is 3.93. The average molecular weight is 443 g/mol. The molecule has 1 amide bonds. The third-order valence-corrected chi connectivity index (χ3v) is 4.63. The van der Waals surface area contributed by atoms with Gasteiger partial charge in [0.2, 0.25) is 0 Å². The van der Waals surface area contributed by atoms with Crippen molar-refractivity contribution in [2.75, 3.05) is 18.4 Å². The number of nitrogens with one attached hydrogen (secondary N) is 1. The molecule has 3 nitrogen and oxygen atoms in total. The molecule has 2 rings (SSSR count). The van der Waals surface area contributed by atoms with Gasteiger partial charge in [-0.3, -0.25) is 4.79 Å². The SMILES string of the molecule is CCN(CC)C(=O)c1cc(Cl)ccc1Nc1ccc(I)cc1C. The fourth-order valence-corrected chi connectivity index (χ4v) is 3.22. The van der Waals surface area contributed by atoms with Crippen molar-refractivity contribution in [3.63, 3.8) is 0 Å². The van der Waals surface area contributed by atoms with Crippen molar-refractivity contribution < 1.29 is 4.79 Å². The minimum absolute atomic E-state index is 0.0110. The van der Waals surface area contributed by atoms with Crippen molar-refractivity contribution in [1.82, 2.24) is 4.90 Å². The molecule has 122 valence electrons. The molecule has 2 aromatic rings. The second-order valence-corrected chi connectivity index (χ2v) is 6.93. The number of aryl methyl sites for hydroxylation is 1. The highest BCUT2D eigenvalue weighted by Gasteiger charge is 2.17. The molecule has 0 bridgehead atoms. The van der Waals surface area contributed by atoms with Crippen molar-refractivity contribution in [1.29, 1.82) is 0 Å². The molecule has 0 aliphatic carbocycles. The Balaban J connectivity index is 2.40. The van der Waals surface area contributed by atoms with E-state index in [2.05, 4.69) is 34.0 Å². The molecule has 0 radical (unpaired) electrons. The van der Waals surface area contributed by atoms with Gasteiger partial charge in [-0.1, -0.05) is 11.6 Å². The molecule has 0 fully saturated rings. The molecular weight excluding hydrogens is 423 g/mol. The summed E-state index contributed by atoms with van der Waals surface area (Å²) in [6.07, 6.45) is 0. The number of rotatable bonds is 5. The van der Waals surface area contributed by atoms with E-state index in [-0.39, 0.29) is 5.91 Å². The smallest absolute Gasteiger partial charge is 0.255 e. The molecule has 0 aliphatic rings. The second-order valence-electron chi connectivity index (χ2n) is 5.25. The number of carbonyl (C=O) groups excluding carboxylic acids is 1. The summed E-state index contributed by atoms with van der Waals surface area (Å²) in [6.45, 7) is 7.34. The maximum absolute atomic E-state index is 12.7. The summed E-state index contributed by atoms with van der Waals surface area (Å²) in [4.78, 5) is 14.5. The van der Waals surface area contributed by atoms with Gasteiger partial charge in [0.25, 0.3) is 5.91 Å². The van der Waals surface area contributed by atoms with Crippen LogP contribution in [0.25, 0.3) is 0 Å². The first kappa shape index (κ1) is 18.1. The van der Waals surface area contributed by atoms with Crippen LogP contribution in [-0.2, 0) is 0 Å². The standard InChI is InChI=1S/C18H20ClIN2O/c1-4-22(5-2)18(23)15-11-13(19)6-8-17(15)21-16-9-7-14(20)10-12(16)3/h6-11,21H,4-5H2,1-3H3. The zero-order valence-corrected chi connectivity index (χ0v) is 16.4. The molecule has 2 aromatic carbocycles. The average Bonchev–Trinajstić information content (AvgIpc) is 2.52. The number of benzene rings is 2. The molecule has 0 saturated carbocycles. The van der Waals surface area contributed by atoms with E-state index >= 15 is 0 Å². The summed E-state index contributed by atoms with van der Waals surface area (Å²) >= 11 is 8.39. The zero-order valence-electron chi connectivity index (χ0n) is 13.5. The maximum Gasteiger partial charge on any atom is 0.255 e. The van der Waals surface area contributed by atoms with Crippen LogP contribution in [0.5, 0.6) is 0 Å². The van der Waals surface area contributed by atoms with Crippen molar-refractivity contribution in [3.05, 3.63) is 56.1 Å². The number of amides is 1. The third-order valence-electron chi connectivity index (χ3n) is 3.72. The van der Waals surface area contributed by atoms with Gasteiger partial charge in [0.05, 0.1) is 11.3 Å². The van der Waals surface area contributed by atoms with Crippen LogP contribution in [0.1, 0.15) is 29.8 Å². The van der Waals surface area contributed by atoms with Gasteiger partial charge in [-0.15, -0.1) is 0 Å². The normalized spacial score (nSPS) is 10.5. The van der Waals surface area contributed by atoms with Gasteiger partial charge in [-0.05, 0) is 85.3 Å². The highest BCUT2D eigenvalue weighted by Crippen LogP contribution is 2.28. The van der Waals surface area contributed by atoms with Crippen molar-refractivity contribution in [3.8, 4) is 0 Å². The molecule has 0 saturated heterocycles. The lowest BCUT2D eigenvalue weighted by atomic mass is 10.1. The van der Waals surface area contributed by atoms with E-state index in [1.54, 1.807) is 17.0 Å². The Morgan fingerprint density at radius 2 is 1.78 bits per heavy atom. The molecular formula is C18H20ClIN2O. The summed E-state index contributed by atoms with van der Waals surface area (Å²) in [6, 6.07) is 11.5. The molecule has 0 aromatic heterocycles. The minimum Gasteiger partial charge on any atom is -0.355 e. The number of hydrogen-bond acceptors (Lipinski definition) is 2. The van der Waals surface area contributed by atoms with Gasteiger partial charge in [0.1, 0.15) is 0 Å². The molecule has 1 N–H and O–H groups in total. The molecule has 0 spiro atoms. The predicted octanol–water partition coefficient (Wildman–Crippen LogP) is 5.48. The summed E-state index contributed by atoms with van der Waals surface area (Å²) in [5.41, 5.74) is 3.49. The van der Waals surface area contributed by atoms with Crippen LogP contribution in [0.2, 0.25) is 5.02 Å². The first-order valence-corrected chi connectivity index (χ1v) is 9.04. The van der Waals surface area contributed by atoms with E-state index in [1.807, 2.05) is 39.0 Å². The quantitative estimate of drug-likeness (QED) is 0.622. The van der Waals surface area contributed by atoms with Gasteiger partial charge in [0.15, 0.2) is 0 Å². The zero-order chi connectivity index (χ0) is 17.0. The van der Waals surface area contributed by atoms with Crippen LogP contribution in [0.3, 0.4) is 0 Å². The fraction of sp³-hybridized carbons (Fsp3) is 0.278. The lowest BCUT2D eigenvalue weighted by Gasteiger charge is -2.21. The van der Waals surface area contributed by atoms with Gasteiger partial charge in [-0.2, -0.15) is 0 Å². The highest BCUT2D eigenvalue weighted by atomic mass is 127. The van der Waals surface area contributed by atoms with Crippen LogP contribution in [0, 0.1) is 10.5 Å². The van der Waals surface area contributed by atoms with Gasteiger partial charge >= 0.3 is 0 Å². The molecule has 0 atom stereocenters. The molecule has 0 heterocycles. The Morgan fingerprint density at radius 3 is 2.39 bits per heavy atom. The number of halogens is 2. The Bertz CT molecular complexity index is 714. The van der Waals surface area contributed by atoms with Gasteiger partial charge in [0, 0.05) is 27.4 Å². The van der Waals surface area contributed by atoms with Crippen LogP contribution < -0.4 is 5.32 Å². The fourth-order valence-electron chi connectivity index (χ4n) is 2.40. The van der Waals surface area contributed by atoms with Crippen molar-refractivity contribution >= 4 is 51.5 Å². The van der Waals surface area contributed by atoms with E-state index in [0.29, 0.717) is 23.7 Å². The first-order valence-electron chi connectivity index (χ1n) is 7.58. The van der Waals surface area contributed by atoms with Crippen LogP contribution in [-0.4, -0.2) is 23.9 Å². The molecule has 5 heteroatoms. The first-order chi connectivity index (χ1) is 11.0. The number of anilines is 2.